The number of halogens is 1. The number of nitrogens with one attached hydrogen (secondary N) is 1. The highest BCUT2D eigenvalue weighted by Crippen LogP contribution is 2.32. The lowest BCUT2D eigenvalue weighted by Gasteiger charge is -2.36. The first-order valence-electron chi connectivity index (χ1n) is 8.84. The Morgan fingerprint density at radius 2 is 1.75 bits per heavy atom. The van der Waals surface area contributed by atoms with Gasteiger partial charge in [0.2, 0.25) is 0 Å². The highest BCUT2D eigenvalue weighted by atomic mass is 35.5. The Balaban J connectivity index is 1.86. The van der Waals surface area contributed by atoms with Crippen LogP contribution in [0.5, 0.6) is 0 Å². The van der Waals surface area contributed by atoms with Gasteiger partial charge in [0.15, 0.2) is 0 Å². The first-order chi connectivity index (χ1) is 13.3. The predicted octanol–water partition coefficient (Wildman–Crippen LogP) is 3.19. The van der Waals surface area contributed by atoms with E-state index in [0.717, 1.165) is 50.5 Å². The maximum atomic E-state index is 12.8. The van der Waals surface area contributed by atoms with Crippen molar-refractivity contribution in [1.82, 2.24) is 4.90 Å². The molecule has 1 aliphatic heterocycles. The smallest absolute Gasteiger partial charge is 0.269 e. The average molecular weight is 425 g/mol. The lowest BCUT2D eigenvalue weighted by molar-refractivity contribution is -0.384. The molecule has 0 atom stereocenters. The molecule has 0 saturated carbocycles. The molecule has 0 unspecified atom stereocenters. The molecule has 2 aromatic carbocycles. The Kier molecular flexibility index (Phi) is 6.07. The second kappa shape index (κ2) is 8.34. The van der Waals surface area contributed by atoms with Crippen molar-refractivity contribution in [2.75, 3.05) is 42.3 Å². The van der Waals surface area contributed by atoms with Gasteiger partial charge in [0, 0.05) is 43.3 Å². The van der Waals surface area contributed by atoms with E-state index in [0.29, 0.717) is 10.7 Å². The van der Waals surface area contributed by atoms with E-state index in [1.807, 2.05) is 0 Å². The molecule has 0 aromatic heterocycles. The fourth-order valence-corrected chi connectivity index (χ4v) is 4.36. The van der Waals surface area contributed by atoms with Crippen LogP contribution in [0.15, 0.2) is 47.4 Å². The molecule has 1 heterocycles. The maximum absolute atomic E-state index is 12.8. The summed E-state index contributed by atoms with van der Waals surface area (Å²) in [4.78, 5) is 14.6. The summed E-state index contributed by atoms with van der Waals surface area (Å²) in [5.74, 6) is 0. The Hall–Kier alpha value is -2.36. The van der Waals surface area contributed by atoms with E-state index in [9.17, 15) is 18.5 Å². The van der Waals surface area contributed by atoms with Crippen LogP contribution < -0.4 is 9.62 Å². The molecule has 0 bridgehead atoms. The Labute approximate surface area is 168 Å². The van der Waals surface area contributed by atoms with E-state index in [1.54, 1.807) is 18.2 Å². The standard InChI is InChI=1S/C18H21ClN4O4S/c1-2-21-9-11-22(12-10-21)18-8-3-14(19)13-17(18)20-28(26,27)16-6-4-15(5-7-16)23(24)25/h3-8,13,20H,2,9-12H2,1H3. The third-order valence-corrected chi connectivity index (χ3v) is 6.34. The van der Waals surface area contributed by atoms with Crippen molar-refractivity contribution in [2.24, 2.45) is 0 Å². The summed E-state index contributed by atoms with van der Waals surface area (Å²) >= 11 is 6.10. The molecule has 1 aliphatic rings. The van der Waals surface area contributed by atoms with Crippen LogP contribution in [-0.4, -0.2) is 51.0 Å². The lowest BCUT2D eigenvalue weighted by atomic mass is 10.2. The summed E-state index contributed by atoms with van der Waals surface area (Å²) in [5.41, 5.74) is 0.970. The summed E-state index contributed by atoms with van der Waals surface area (Å²) in [5, 5.41) is 11.2. The van der Waals surface area contributed by atoms with Gasteiger partial charge in [-0.05, 0) is 36.9 Å². The van der Waals surface area contributed by atoms with Gasteiger partial charge in [-0.15, -0.1) is 0 Å². The highest BCUT2D eigenvalue weighted by molar-refractivity contribution is 7.92. The molecule has 1 saturated heterocycles. The fraction of sp³-hybridized carbons (Fsp3) is 0.333. The normalized spacial score (nSPS) is 15.4. The molecule has 2 aromatic rings. The largest absolute Gasteiger partial charge is 0.367 e. The molecule has 0 spiro atoms. The van der Waals surface area contributed by atoms with E-state index >= 15 is 0 Å². The Morgan fingerprint density at radius 1 is 1.11 bits per heavy atom. The molecule has 1 fully saturated rings. The number of sulfonamides is 1. The molecule has 0 aliphatic carbocycles. The van der Waals surface area contributed by atoms with Crippen LogP contribution in [-0.2, 0) is 10.0 Å². The Morgan fingerprint density at radius 3 is 2.32 bits per heavy atom. The van der Waals surface area contributed by atoms with Crippen LogP contribution in [0.2, 0.25) is 5.02 Å². The number of piperazine rings is 1. The SMILES string of the molecule is CCN1CCN(c2ccc(Cl)cc2NS(=O)(=O)c2ccc([N+](=O)[O-])cc2)CC1. The van der Waals surface area contributed by atoms with Gasteiger partial charge >= 0.3 is 0 Å². The minimum absolute atomic E-state index is 0.0557. The monoisotopic (exact) mass is 424 g/mol. The molecule has 28 heavy (non-hydrogen) atoms. The number of nitrogens with zero attached hydrogens (tertiary/aromatic N) is 3. The highest BCUT2D eigenvalue weighted by Gasteiger charge is 2.22. The van der Waals surface area contributed by atoms with Crippen LogP contribution in [0.3, 0.4) is 0 Å². The van der Waals surface area contributed by atoms with Gasteiger partial charge in [-0.25, -0.2) is 8.42 Å². The van der Waals surface area contributed by atoms with E-state index in [4.69, 9.17) is 11.6 Å². The molecule has 1 N–H and O–H groups in total. The van der Waals surface area contributed by atoms with Crippen molar-refractivity contribution in [2.45, 2.75) is 11.8 Å². The second-order valence-electron chi connectivity index (χ2n) is 6.44. The number of anilines is 2. The number of nitro benzene ring substituents is 1. The minimum atomic E-state index is -3.92. The quantitative estimate of drug-likeness (QED) is 0.565. The van der Waals surface area contributed by atoms with Gasteiger partial charge in [-0.2, -0.15) is 0 Å². The molecular formula is C18H21ClN4O4S. The molecule has 0 radical (unpaired) electrons. The second-order valence-corrected chi connectivity index (χ2v) is 8.56. The number of hydrogen-bond donors (Lipinski definition) is 1. The zero-order chi connectivity index (χ0) is 20.3. The summed E-state index contributed by atoms with van der Waals surface area (Å²) in [6.45, 7) is 6.45. The molecule has 8 nitrogen and oxygen atoms in total. The van der Waals surface area contributed by atoms with Crippen molar-refractivity contribution in [1.29, 1.82) is 0 Å². The summed E-state index contributed by atoms with van der Waals surface area (Å²) in [6, 6.07) is 9.86. The third-order valence-electron chi connectivity index (χ3n) is 4.72. The number of likely N-dealkylation sites (N-methyl/N-ethyl adjacent to an activating group) is 1. The molecule has 0 amide bonds. The van der Waals surface area contributed by atoms with Crippen LogP contribution in [0.1, 0.15) is 6.92 Å². The van der Waals surface area contributed by atoms with Crippen molar-refractivity contribution < 1.29 is 13.3 Å². The zero-order valence-corrected chi connectivity index (χ0v) is 16.9. The van der Waals surface area contributed by atoms with Crippen molar-refractivity contribution in [3.8, 4) is 0 Å². The minimum Gasteiger partial charge on any atom is -0.367 e. The average Bonchev–Trinajstić information content (AvgIpc) is 2.68. The summed E-state index contributed by atoms with van der Waals surface area (Å²) in [6.07, 6.45) is 0. The van der Waals surface area contributed by atoms with Crippen molar-refractivity contribution in [3.63, 3.8) is 0 Å². The van der Waals surface area contributed by atoms with Gasteiger partial charge in [-0.1, -0.05) is 18.5 Å². The van der Waals surface area contributed by atoms with E-state index in [2.05, 4.69) is 21.4 Å². The molecule has 10 heteroatoms. The van der Waals surface area contributed by atoms with Crippen LogP contribution in [0.25, 0.3) is 0 Å². The van der Waals surface area contributed by atoms with Gasteiger partial charge in [0.1, 0.15) is 0 Å². The predicted molar refractivity (Wildman–Crippen MR) is 110 cm³/mol. The first kappa shape index (κ1) is 20.4. The number of non-ortho nitro benzene ring substituents is 1. The van der Waals surface area contributed by atoms with Crippen molar-refractivity contribution in [3.05, 3.63) is 57.6 Å². The summed E-state index contributed by atoms with van der Waals surface area (Å²) < 4.78 is 28.1. The van der Waals surface area contributed by atoms with Gasteiger partial charge in [-0.3, -0.25) is 14.8 Å². The number of rotatable bonds is 6. The Bertz CT molecular complexity index is 958. The lowest BCUT2D eigenvalue weighted by Crippen LogP contribution is -2.46. The molecule has 3 rings (SSSR count). The van der Waals surface area contributed by atoms with Crippen LogP contribution >= 0.6 is 11.6 Å². The first-order valence-corrected chi connectivity index (χ1v) is 10.7. The zero-order valence-electron chi connectivity index (χ0n) is 15.3. The maximum Gasteiger partial charge on any atom is 0.269 e. The third kappa shape index (κ3) is 4.54. The van der Waals surface area contributed by atoms with Gasteiger partial charge in [0.25, 0.3) is 15.7 Å². The van der Waals surface area contributed by atoms with Gasteiger partial charge < -0.3 is 9.80 Å². The fourth-order valence-electron chi connectivity index (χ4n) is 3.12. The molecular weight excluding hydrogens is 404 g/mol. The molecule has 150 valence electrons. The topological polar surface area (TPSA) is 95.8 Å². The van der Waals surface area contributed by atoms with Gasteiger partial charge in [0.05, 0.1) is 21.2 Å². The number of nitro groups is 1. The van der Waals surface area contributed by atoms with E-state index < -0.39 is 14.9 Å². The van der Waals surface area contributed by atoms with E-state index in [1.165, 1.54) is 12.1 Å². The van der Waals surface area contributed by atoms with Crippen LogP contribution in [0, 0.1) is 10.1 Å². The van der Waals surface area contributed by atoms with Crippen molar-refractivity contribution >= 4 is 38.7 Å². The van der Waals surface area contributed by atoms with Crippen LogP contribution in [0.4, 0.5) is 17.1 Å². The number of hydrogen-bond acceptors (Lipinski definition) is 6. The number of benzene rings is 2. The summed E-state index contributed by atoms with van der Waals surface area (Å²) in [7, 11) is -3.92. The van der Waals surface area contributed by atoms with E-state index in [-0.39, 0.29) is 10.6 Å².